The lowest BCUT2D eigenvalue weighted by molar-refractivity contribution is 0.0919. The Bertz CT molecular complexity index is 1270. The Kier molecular flexibility index (Phi) is 7.08. The van der Waals surface area contributed by atoms with E-state index in [-0.39, 0.29) is 28.8 Å². The van der Waals surface area contributed by atoms with E-state index in [0.29, 0.717) is 39.9 Å². The van der Waals surface area contributed by atoms with E-state index in [0.717, 1.165) is 17.5 Å². The minimum Gasteiger partial charge on any atom is -0.455 e. The van der Waals surface area contributed by atoms with Crippen LogP contribution in [0.15, 0.2) is 52.0 Å². The van der Waals surface area contributed by atoms with Gasteiger partial charge in [0, 0.05) is 34.1 Å². The molecule has 0 atom stereocenters. The summed E-state index contributed by atoms with van der Waals surface area (Å²) in [6.45, 7) is 2.09. The van der Waals surface area contributed by atoms with E-state index >= 15 is 0 Å². The lowest BCUT2D eigenvalue weighted by Crippen LogP contribution is -2.24. The maximum absolute atomic E-state index is 12.8. The summed E-state index contributed by atoms with van der Waals surface area (Å²) in [5, 5.41) is 8.43. The van der Waals surface area contributed by atoms with Crippen LogP contribution >= 0.6 is 34.8 Å². The Morgan fingerprint density at radius 2 is 1.82 bits per heavy atom. The number of amides is 2. The maximum Gasteiger partial charge on any atom is 0.287 e. The highest BCUT2D eigenvalue weighted by atomic mass is 35.5. The third kappa shape index (κ3) is 5.08. The van der Waals surface area contributed by atoms with Gasteiger partial charge in [0.2, 0.25) is 0 Å². The molecule has 0 spiro atoms. The van der Waals surface area contributed by atoms with E-state index in [1.54, 1.807) is 12.1 Å². The van der Waals surface area contributed by atoms with E-state index in [1.807, 2.05) is 25.1 Å². The van der Waals surface area contributed by atoms with Gasteiger partial charge in [0.25, 0.3) is 11.8 Å². The first-order chi connectivity index (χ1) is 15.8. The molecular formula is C24H20Cl3N3O3. The highest BCUT2D eigenvalue weighted by molar-refractivity contribution is 6.36. The van der Waals surface area contributed by atoms with Gasteiger partial charge in [0.1, 0.15) is 5.76 Å². The van der Waals surface area contributed by atoms with Crippen LogP contribution in [0.2, 0.25) is 15.1 Å². The van der Waals surface area contributed by atoms with Crippen LogP contribution < -0.4 is 10.7 Å². The molecule has 3 aromatic rings. The zero-order valence-corrected chi connectivity index (χ0v) is 19.9. The molecule has 6 nitrogen and oxygen atoms in total. The number of carbonyl (C=O) groups is 2. The summed E-state index contributed by atoms with van der Waals surface area (Å²) in [4.78, 5) is 25.3. The number of rotatable bonds is 5. The van der Waals surface area contributed by atoms with Crippen molar-refractivity contribution in [3.63, 3.8) is 0 Å². The second-order valence-corrected chi connectivity index (χ2v) is 8.86. The molecule has 0 saturated heterocycles. The number of carbonyl (C=O) groups excluding carboxylic acids is 2. The van der Waals surface area contributed by atoms with Crippen molar-refractivity contribution in [3.8, 4) is 0 Å². The number of halogens is 3. The van der Waals surface area contributed by atoms with Crippen LogP contribution in [0.5, 0.6) is 0 Å². The van der Waals surface area contributed by atoms with Crippen LogP contribution in [0.4, 0.5) is 0 Å². The quantitative estimate of drug-likeness (QED) is 0.421. The molecule has 0 unspecified atom stereocenters. The van der Waals surface area contributed by atoms with E-state index in [9.17, 15) is 9.59 Å². The summed E-state index contributed by atoms with van der Waals surface area (Å²) < 4.78 is 5.90. The lowest BCUT2D eigenvalue weighted by Gasteiger charge is -2.13. The van der Waals surface area contributed by atoms with E-state index in [2.05, 4.69) is 15.8 Å². The molecular weight excluding hydrogens is 485 g/mol. The number of nitrogens with one attached hydrogen (secondary N) is 2. The fourth-order valence-corrected chi connectivity index (χ4v) is 4.44. The van der Waals surface area contributed by atoms with Crippen molar-refractivity contribution < 1.29 is 14.0 Å². The molecule has 2 N–H and O–H groups in total. The van der Waals surface area contributed by atoms with Gasteiger partial charge in [-0.15, -0.1) is 0 Å². The average molecular weight is 505 g/mol. The standard InChI is InChI=1S/C24H20Cl3N3O3/c1-13-21-19(29-30-23(31)16-10-9-15(25)11-18(16)27)7-4-8-20(21)33-22(13)24(32)28-12-14-5-2-3-6-17(14)26/h2-3,5-6,9-11H,4,7-8,12H2,1H3,(H,28,32)(H,30,31)/b29-19+. The number of hydrazone groups is 1. The zero-order valence-electron chi connectivity index (χ0n) is 17.7. The van der Waals surface area contributed by atoms with Crippen molar-refractivity contribution in [2.75, 3.05) is 0 Å². The molecule has 1 aliphatic rings. The molecule has 0 radical (unpaired) electrons. The van der Waals surface area contributed by atoms with E-state index in [4.69, 9.17) is 39.2 Å². The minimum atomic E-state index is -0.449. The van der Waals surface area contributed by atoms with Crippen LogP contribution in [-0.2, 0) is 13.0 Å². The normalized spacial score (nSPS) is 14.1. The number of aryl methyl sites for hydroxylation is 1. The first-order valence-corrected chi connectivity index (χ1v) is 11.4. The molecule has 4 rings (SSSR count). The van der Waals surface area contributed by atoms with Crippen molar-refractivity contribution >= 4 is 52.3 Å². The van der Waals surface area contributed by atoms with Gasteiger partial charge in [-0.3, -0.25) is 9.59 Å². The van der Waals surface area contributed by atoms with Gasteiger partial charge >= 0.3 is 0 Å². The highest BCUT2D eigenvalue weighted by Crippen LogP contribution is 2.30. The second-order valence-electron chi connectivity index (χ2n) is 7.61. The average Bonchev–Trinajstić information content (AvgIpc) is 3.14. The van der Waals surface area contributed by atoms with Crippen LogP contribution in [-0.4, -0.2) is 17.5 Å². The summed E-state index contributed by atoms with van der Waals surface area (Å²) in [7, 11) is 0. The largest absolute Gasteiger partial charge is 0.455 e. The lowest BCUT2D eigenvalue weighted by atomic mass is 9.93. The first kappa shape index (κ1) is 23.4. The summed E-state index contributed by atoms with van der Waals surface area (Å²) in [6, 6.07) is 11.9. The predicted octanol–water partition coefficient (Wildman–Crippen LogP) is 5.95. The van der Waals surface area contributed by atoms with Crippen LogP contribution in [0, 0.1) is 6.92 Å². The second kappa shape index (κ2) is 10.00. The molecule has 9 heteroatoms. The summed E-state index contributed by atoms with van der Waals surface area (Å²) in [5.41, 5.74) is 5.72. The van der Waals surface area contributed by atoms with Crippen molar-refractivity contribution in [1.82, 2.24) is 10.7 Å². The van der Waals surface area contributed by atoms with Gasteiger partial charge in [-0.1, -0.05) is 53.0 Å². The van der Waals surface area contributed by atoms with Crippen molar-refractivity contribution in [3.05, 3.63) is 91.3 Å². The minimum absolute atomic E-state index is 0.230. The van der Waals surface area contributed by atoms with E-state index < -0.39 is 5.91 Å². The number of hydrogen-bond acceptors (Lipinski definition) is 4. The topological polar surface area (TPSA) is 83.7 Å². The first-order valence-electron chi connectivity index (χ1n) is 10.3. The predicted molar refractivity (Wildman–Crippen MR) is 129 cm³/mol. The van der Waals surface area contributed by atoms with Crippen LogP contribution in [0.3, 0.4) is 0 Å². The van der Waals surface area contributed by atoms with Crippen molar-refractivity contribution in [2.24, 2.45) is 5.10 Å². The van der Waals surface area contributed by atoms with Gasteiger partial charge in [-0.25, -0.2) is 5.43 Å². The summed E-state index contributed by atoms with van der Waals surface area (Å²) in [6.07, 6.45) is 2.11. The molecule has 0 bridgehead atoms. The monoisotopic (exact) mass is 503 g/mol. The summed E-state index contributed by atoms with van der Waals surface area (Å²) in [5.74, 6) is 0.126. The van der Waals surface area contributed by atoms with Crippen LogP contribution in [0.25, 0.3) is 0 Å². The van der Waals surface area contributed by atoms with Gasteiger partial charge in [-0.05, 0) is 49.6 Å². The smallest absolute Gasteiger partial charge is 0.287 e. The number of hydrogen-bond donors (Lipinski definition) is 2. The Hall–Kier alpha value is -2.80. The Labute approximate surface area is 205 Å². The molecule has 2 aromatic carbocycles. The SMILES string of the molecule is Cc1c(C(=O)NCc2ccccc2Cl)oc2c1/C(=N/NC(=O)c1ccc(Cl)cc1Cl)CCC2. The number of furan rings is 1. The molecule has 0 saturated carbocycles. The van der Waals surface area contributed by atoms with Gasteiger partial charge < -0.3 is 9.73 Å². The Balaban J connectivity index is 1.52. The number of benzene rings is 2. The fraction of sp³-hybridized carbons (Fsp3) is 0.208. The number of fused-ring (bicyclic) bond motifs is 1. The van der Waals surface area contributed by atoms with Gasteiger partial charge in [0.15, 0.2) is 5.76 Å². The van der Waals surface area contributed by atoms with E-state index in [1.165, 1.54) is 12.1 Å². The van der Waals surface area contributed by atoms with Crippen molar-refractivity contribution in [1.29, 1.82) is 0 Å². The van der Waals surface area contributed by atoms with Gasteiger partial charge in [-0.2, -0.15) is 5.10 Å². The molecule has 33 heavy (non-hydrogen) atoms. The zero-order chi connectivity index (χ0) is 23.5. The van der Waals surface area contributed by atoms with Crippen molar-refractivity contribution in [2.45, 2.75) is 32.7 Å². The molecule has 1 aromatic heterocycles. The Morgan fingerprint density at radius 1 is 1.03 bits per heavy atom. The number of nitrogens with zero attached hydrogens (tertiary/aromatic N) is 1. The molecule has 170 valence electrons. The maximum atomic E-state index is 12.8. The highest BCUT2D eigenvalue weighted by Gasteiger charge is 2.28. The molecule has 2 amide bonds. The Morgan fingerprint density at radius 3 is 2.58 bits per heavy atom. The molecule has 0 fully saturated rings. The third-order valence-electron chi connectivity index (χ3n) is 5.40. The van der Waals surface area contributed by atoms with Crippen LogP contribution in [0.1, 0.15) is 56.2 Å². The molecule has 1 heterocycles. The molecule has 0 aliphatic heterocycles. The molecule has 1 aliphatic carbocycles. The third-order valence-corrected chi connectivity index (χ3v) is 6.31. The summed E-state index contributed by atoms with van der Waals surface area (Å²) >= 11 is 18.2. The van der Waals surface area contributed by atoms with Gasteiger partial charge in [0.05, 0.1) is 16.3 Å². The fourth-order valence-electron chi connectivity index (χ4n) is 3.75.